The first-order chi connectivity index (χ1) is 6.27. The number of hydrogen-bond donors (Lipinski definition) is 0. The Kier molecular flexibility index (Phi) is 2.24. The summed E-state index contributed by atoms with van der Waals surface area (Å²) in [5.74, 6) is -0.489. The molecule has 0 radical (unpaired) electrons. The first-order valence-corrected chi connectivity index (χ1v) is 4.17. The van der Waals surface area contributed by atoms with Gasteiger partial charge in [-0.25, -0.2) is 4.79 Å². The van der Waals surface area contributed by atoms with Crippen LogP contribution in [0.15, 0.2) is 16.7 Å². The topological polar surface area (TPSA) is 48.7 Å². The molecule has 13 heavy (non-hydrogen) atoms. The second-order valence-corrected chi connectivity index (χ2v) is 3.07. The third-order valence-electron chi connectivity index (χ3n) is 1.68. The largest absolute Gasteiger partial charge is 0.456 e. The minimum Gasteiger partial charge on any atom is -0.456 e. The van der Waals surface area contributed by atoms with Crippen LogP contribution in [0.3, 0.4) is 0 Å². The van der Waals surface area contributed by atoms with E-state index < -0.39 is 5.97 Å². The van der Waals surface area contributed by atoms with Crippen LogP contribution >= 0.6 is 11.6 Å². The minimum absolute atomic E-state index is 0.0496. The lowest BCUT2D eigenvalue weighted by atomic mass is 10.3. The fraction of sp³-hybridized carbons (Fsp3) is 0.375. The summed E-state index contributed by atoms with van der Waals surface area (Å²) in [7, 11) is 0. The molecule has 2 rings (SSSR count). The molecule has 0 atom stereocenters. The summed E-state index contributed by atoms with van der Waals surface area (Å²) >= 11 is 5.65. The molecule has 5 heteroatoms. The highest BCUT2D eigenvalue weighted by Gasteiger charge is 2.25. The zero-order valence-corrected chi connectivity index (χ0v) is 7.41. The van der Waals surface area contributed by atoms with E-state index in [9.17, 15) is 4.79 Å². The quantitative estimate of drug-likeness (QED) is 0.682. The number of carbonyl (C=O) groups excluding carboxylic acids is 1. The summed E-state index contributed by atoms with van der Waals surface area (Å²) in [6, 6.07) is 1.50. The molecule has 2 heterocycles. The van der Waals surface area contributed by atoms with Crippen LogP contribution in [0.2, 0.25) is 5.02 Å². The predicted octanol–water partition coefficient (Wildman–Crippen LogP) is 1.49. The van der Waals surface area contributed by atoms with Gasteiger partial charge in [-0.1, -0.05) is 11.6 Å². The van der Waals surface area contributed by atoms with Gasteiger partial charge in [0, 0.05) is 0 Å². The van der Waals surface area contributed by atoms with E-state index in [0.29, 0.717) is 13.2 Å². The maximum atomic E-state index is 11.3. The number of hydrogen-bond acceptors (Lipinski definition) is 4. The normalized spacial score (nSPS) is 16.7. The van der Waals surface area contributed by atoms with Crippen LogP contribution in [-0.2, 0) is 9.47 Å². The summed E-state index contributed by atoms with van der Waals surface area (Å²) in [5, 5.41) is 0.269. The monoisotopic (exact) mass is 202 g/mol. The molecule has 0 unspecified atom stereocenters. The number of rotatable bonds is 2. The van der Waals surface area contributed by atoms with E-state index in [1.807, 2.05) is 0 Å². The lowest BCUT2D eigenvalue weighted by molar-refractivity contribution is -0.104. The summed E-state index contributed by atoms with van der Waals surface area (Å²) < 4.78 is 14.7. The Morgan fingerprint density at radius 3 is 2.85 bits per heavy atom. The zero-order valence-electron chi connectivity index (χ0n) is 6.66. The molecule has 70 valence electrons. The Morgan fingerprint density at radius 2 is 2.38 bits per heavy atom. The van der Waals surface area contributed by atoms with E-state index in [2.05, 4.69) is 0 Å². The average molecular weight is 203 g/mol. The fourth-order valence-corrected chi connectivity index (χ4v) is 1.10. The third-order valence-corrected chi connectivity index (χ3v) is 1.98. The molecule has 1 fully saturated rings. The molecule has 0 amide bonds. The summed E-state index contributed by atoms with van der Waals surface area (Å²) in [4.78, 5) is 11.3. The second kappa shape index (κ2) is 3.40. The standard InChI is InChI=1S/C8H7ClO4/c9-6-1-2-12-7(6)8(10)13-5-3-11-4-5/h1-2,5H,3-4H2. The van der Waals surface area contributed by atoms with Crippen molar-refractivity contribution in [2.45, 2.75) is 6.10 Å². The Hall–Kier alpha value is -1.00. The molecule has 1 aromatic rings. The number of esters is 1. The van der Waals surface area contributed by atoms with Crippen molar-refractivity contribution in [2.24, 2.45) is 0 Å². The summed E-state index contributed by atoms with van der Waals surface area (Å²) in [5.41, 5.74) is 0. The maximum absolute atomic E-state index is 11.3. The SMILES string of the molecule is O=C(OC1COC1)c1occc1Cl. The molecule has 0 aromatic carbocycles. The van der Waals surface area contributed by atoms with E-state index in [0.717, 1.165) is 0 Å². The number of furan rings is 1. The van der Waals surface area contributed by atoms with Crippen molar-refractivity contribution in [3.8, 4) is 0 Å². The number of carbonyl (C=O) groups is 1. The molecular weight excluding hydrogens is 196 g/mol. The van der Waals surface area contributed by atoms with Gasteiger partial charge < -0.3 is 13.9 Å². The molecular formula is C8H7ClO4. The molecule has 1 aliphatic heterocycles. The molecule has 4 nitrogen and oxygen atoms in total. The lowest BCUT2D eigenvalue weighted by Crippen LogP contribution is -2.37. The minimum atomic E-state index is -0.539. The van der Waals surface area contributed by atoms with Crippen molar-refractivity contribution in [3.63, 3.8) is 0 Å². The van der Waals surface area contributed by atoms with Gasteiger partial charge in [0.2, 0.25) is 5.76 Å². The zero-order chi connectivity index (χ0) is 9.26. The van der Waals surface area contributed by atoms with Gasteiger partial charge in [0.25, 0.3) is 0 Å². The summed E-state index contributed by atoms with van der Waals surface area (Å²) in [6.07, 6.45) is 1.18. The van der Waals surface area contributed by atoms with Crippen LogP contribution in [0.4, 0.5) is 0 Å². The highest BCUT2D eigenvalue weighted by atomic mass is 35.5. The van der Waals surface area contributed by atoms with Crippen LogP contribution < -0.4 is 0 Å². The first kappa shape index (κ1) is 8.59. The van der Waals surface area contributed by atoms with Gasteiger partial charge in [-0.2, -0.15) is 0 Å². The van der Waals surface area contributed by atoms with Gasteiger partial charge >= 0.3 is 5.97 Å². The Bertz CT molecular complexity index is 316. The highest BCUT2D eigenvalue weighted by molar-refractivity contribution is 6.33. The van der Waals surface area contributed by atoms with Crippen LogP contribution in [0.25, 0.3) is 0 Å². The molecule has 0 aliphatic carbocycles. The number of ether oxygens (including phenoxy) is 2. The van der Waals surface area contributed by atoms with E-state index in [1.54, 1.807) is 0 Å². The van der Waals surface area contributed by atoms with Crippen LogP contribution in [0.1, 0.15) is 10.6 Å². The fourth-order valence-electron chi connectivity index (χ4n) is 0.926. The lowest BCUT2D eigenvalue weighted by Gasteiger charge is -2.25. The molecule has 0 N–H and O–H groups in total. The van der Waals surface area contributed by atoms with Crippen molar-refractivity contribution in [1.82, 2.24) is 0 Å². The molecule has 1 saturated heterocycles. The van der Waals surface area contributed by atoms with Gasteiger partial charge in [0.05, 0.1) is 24.5 Å². The van der Waals surface area contributed by atoms with Gasteiger partial charge in [-0.3, -0.25) is 0 Å². The Morgan fingerprint density at radius 1 is 1.62 bits per heavy atom. The van der Waals surface area contributed by atoms with Crippen LogP contribution in [0, 0.1) is 0 Å². The molecule has 0 bridgehead atoms. The Balaban J connectivity index is 2.00. The molecule has 1 aliphatic rings. The first-order valence-electron chi connectivity index (χ1n) is 3.79. The van der Waals surface area contributed by atoms with Crippen molar-refractivity contribution in [3.05, 3.63) is 23.1 Å². The van der Waals surface area contributed by atoms with Crippen LogP contribution in [0.5, 0.6) is 0 Å². The maximum Gasteiger partial charge on any atom is 0.376 e. The second-order valence-electron chi connectivity index (χ2n) is 2.66. The van der Waals surface area contributed by atoms with Gasteiger partial charge in [-0.15, -0.1) is 0 Å². The van der Waals surface area contributed by atoms with Gasteiger partial charge in [0.1, 0.15) is 6.10 Å². The van der Waals surface area contributed by atoms with E-state index in [-0.39, 0.29) is 16.9 Å². The van der Waals surface area contributed by atoms with Gasteiger partial charge in [-0.05, 0) is 6.07 Å². The summed E-state index contributed by atoms with van der Waals surface area (Å²) in [6.45, 7) is 0.897. The number of halogens is 1. The highest BCUT2D eigenvalue weighted by Crippen LogP contribution is 2.19. The molecule has 0 saturated carbocycles. The van der Waals surface area contributed by atoms with Crippen molar-refractivity contribution >= 4 is 17.6 Å². The molecule has 1 aromatic heterocycles. The van der Waals surface area contributed by atoms with E-state index in [4.69, 9.17) is 25.5 Å². The van der Waals surface area contributed by atoms with E-state index >= 15 is 0 Å². The van der Waals surface area contributed by atoms with Crippen molar-refractivity contribution in [1.29, 1.82) is 0 Å². The van der Waals surface area contributed by atoms with E-state index in [1.165, 1.54) is 12.3 Å². The van der Waals surface area contributed by atoms with Gasteiger partial charge in [0.15, 0.2) is 0 Å². The predicted molar refractivity (Wildman–Crippen MR) is 43.7 cm³/mol. The van der Waals surface area contributed by atoms with Crippen LogP contribution in [-0.4, -0.2) is 25.3 Å². The van der Waals surface area contributed by atoms with Crippen molar-refractivity contribution < 1.29 is 18.7 Å². The van der Waals surface area contributed by atoms with Crippen molar-refractivity contribution in [2.75, 3.05) is 13.2 Å². The third kappa shape index (κ3) is 1.68. The smallest absolute Gasteiger partial charge is 0.376 e. The molecule has 0 spiro atoms. The Labute approximate surface area is 79.4 Å². The average Bonchev–Trinajstić information content (AvgIpc) is 2.43.